The van der Waals surface area contributed by atoms with Crippen LogP contribution in [-0.2, 0) is 12.8 Å². The van der Waals surface area contributed by atoms with Gasteiger partial charge in [0.1, 0.15) is 5.56 Å². The van der Waals surface area contributed by atoms with Gasteiger partial charge in [-0.1, -0.05) is 54.5 Å². The number of rotatable bonds is 2. The second kappa shape index (κ2) is 6.36. The molecule has 2 aromatic heterocycles. The molecular formula is C20H21N2OS+. The second-order valence-corrected chi connectivity index (χ2v) is 7.56. The zero-order chi connectivity index (χ0) is 16.5. The van der Waals surface area contributed by atoms with Crippen molar-refractivity contribution in [1.82, 2.24) is 0 Å². The fourth-order valence-electron chi connectivity index (χ4n) is 3.53. The Hall–Kier alpha value is -2.20. The van der Waals surface area contributed by atoms with Crippen molar-refractivity contribution in [2.24, 2.45) is 0 Å². The van der Waals surface area contributed by atoms with Gasteiger partial charge in [0.2, 0.25) is 5.78 Å². The van der Waals surface area contributed by atoms with Crippen molar-refractivity contribution in [3.63, 3.8) is 0 Å². The molecule has 0 aliphatic heterocycles. The molecule has 0 bridgehead atoms. The number of carbonyl (C=O) groups excluding carboxylic acids is 1. The first-order chi connectivity index (χ1) is 11.7. The molecule has 122 valence electrons. The highest BCUT2D eigenvalue weighted by Gasteiger charge is 2.22. The van der Waals surface area contributed by atoms with Crippen molar-refractivity contribution in [3.8, 4) is 0 Å². The Morgan fingerprint density at radius 1 is 1.04 bits per heavy atom. The lowest BCUT2D eigenvalue weighted by atomic mass is 9.96. The molecule has 3 aromatic rings. The smallest absolute Gasteiger partial charge is 0.282 e. The lowest BCUT2D eigenvalue weighted by molar-refractivity contribution is -0.323. The van der Waals surface area contributed by atoms with Crippen LogP contribution in [0.2, 0.25) is 0 Å². The number of nitrogen functional groups attached to an aromatic ring is 1. The molecule has 3 N–H and O–H groups in total. The molecule has 0 unspecified atom stereocenters. The van der Waals surface area contributed by atoms with Gasteiger partial charge in [-0.2, -0.15) is 0 Å². The summed E-state index contributed by atoms with van der Waals surface area (Å²) in [6.07, 6.45) is 7.34. The average Bonchev–Trinajstić information content (AvgIpc) is 2.90. The predicted molar refractivity (Wildman–Crippen MR) is 98.5 cm³/mol. The summed E-state index contributed by atoms with van der Waals surface area (Å²) in [4.78, 5) is 18.7. The summed E-state index contributed by atoms with van der Waals surface area (Å²) in [5.74, 6) is 0.447. The Morgan fingerprint density at radius 3 is 2.58 bits per heavy atom. The number of benzene rings is 1. The minimum absolute atomic E-state index is 0.0166. The first-order valence-electron chi connectivity index (χ1n) is 8.60. The molecule has 1 aliphatic rings. The number of fused-ring (bicyclic) bond motifs is 3. The van der Waals surface area contributed by atoms with Crippen molar-refractivity contribution in [2.75, 3.05) is 5.73 Å². The van der Waals surface area contributed by atoms with E-state index < -0.39 is 0 Å². The number of H-pyrrole nitrogens is 1. The van der Waals surface area contributed by atoms with Gasteiger partial charge in [-0.05, 0) is 37.3 Å². The zero-order valence-corrected chi connectivity index (χ0v) is 14.4. The van der Waals surface area contributed by atoms with Crippen LogP contribution in [0, 0.1) is 0 Å². The third-order valence-corrected chi connectivity index (χ3v) is 6.04. The zero-order valence-electron chi connectivity index (χ0n) is 13.6. The number of anilines is 1. The largest absolute Gasteiger partial charge is 0.288 e. The van der Waals surface area contributed by atoms with Gasteiger partial charge in [-0.25, -0.2) is 4.98 Å². The van der Waals surface area contributed by atoms with Gasteiger partial charge in [0.25, 0.3) is 5.82 Å². The minimum Gasteiger partial charge on any atom is -0.288 e. The highest BCUT2D eigenvalue weighted by molar-refractivity contribution is 7.18. The average molecular weight is 337 g/mol. The summed E-state index contributed by atoms with van der Waals surface area (Å²) >= 11 is 1.81. The SMILES string of the molecule is Nc1[nH+]c2sc3c(c2cc1C(=O)c1ccccc1)CCCCCC3. The third-order valence-electron chi connectivity index (χ3n) is 4.82. The Balaban J connectivity index is 1.84. The molecule has 1 aromatic carbocycles. The second-order valence-electron chi connectivity index (χ2n) is 6.45. The maximum Gasteiger partial charge on any atom is 0.282 e. The van der Waals surface area contributed by atoms with Crippen molar-refractivity contribution < 1.29 is 9.78 Å². The molecule has 0 saturated carbocycles. The van der Waals surface area contributed by atoms with E-state index in [0.717, 1.165) is 17.7 Å². The summed E-state index contributed by atoms with van der Waals surface area (Å²) in [6.45, 7) is 0. The Bertz CT molecular complexity index is 899. The number of aromatic nitrogens is 1. The molecule has 3 nitrogen and oxygen atoms in total. The highest BCUT2D eigenvalue weighted by Crippen LogP contribution is 2.34. The summed E-state index contributed by atoms with van der Waals surface area (Å²) in [5, 5.41) is 1.19. The Labute approximate surface area is 145 Å². The fourth-order valence-corrected chi connectivity index (χ4v) is 4.82. The van der Waals surface area contributed by atoms with E-state index in [4.69, 9.17) is 5.73 Å². The van der Waals surface area contributed by atoms with E-state index in [0.29, 0.717) is 16.9 Å². The fraction of sp³-hybridized carbons (Fsp3) is 0.300. The van der Waals surface area contributed by atoms with E-state index in [1.807, 2.05) is 36.4 Å². The van der Waals surface area contributed by atoms with Crippen molar-refractivity contribution >= 4 is 33.2 Å². The van der Waals surface area contributed by atoms with E-state index in [1.165, 1.54) is 41.5 Å². The van der Waals surface area contributed by atoms with Crippen LogP contribution >= 0.6 is 11.3 Å². The van der Waals surface area contributed by atoms with E-state index in [-0.39, 0.29) is 5.78 Å². The number of hydrogen-bond donors (Lipinski definition) is 1. The Kier molecular flexibility index (Phi) is 4.07. The maximum absolute atomic E-state index is 12.8. The molecule has 4 rings (SSSR count). The van der Waals surface area contributed by atoms with Gasteiger partial charge < -0.3 is 0 Å². The number of thiophene rings is 1. The van der Waals surface area contributed by atoms with Crippen LogP contribution < -0.4 is 10.7 Å². The van der Waals surface area contributed by atoms with E-state index >= 15 is 0 Å². The number of nitrogens with two attached hydrogens (primary N) is 1. The molecule has 0 atom stereocenters. The normalized spacial score (nSPS) is 14.8. The topological polar surface area (TPSA) is 57.2 Å². The Morgan fingerprint density at radius 2 is 1.79 bits per heavy atom. The van der Waals surface area contributed by atoms with Gasteiger partial charge >= 0.3 is 0 Å². The van der Waals surface area contributed by atoms with Crippen LogP contribution in [0.25, 0.3) is 10.2 Å². The maximum atomic E-state index is 12.8. The lowest BCUT2D eigenvalue weighted by Gasteiger charge is -2.09. The summed E-state index contributed by atoms with van der Waals surface area (Å²) in [5.41, 5.74) is 8.85. The summed E-state index contributed by atoms with van der Waals surface area (Å²) in [7, 11) is 0. The first kappa shape index (κ1) is 15.3. The molecule has 1 aliphatic carbocycles. The highest BCUT2D eigenvalue weighted by atomic mass is 32.1. The first-order valence-corrected chi connectivity index (χ1v) is 9.41. The van der Waals surface area contributed by atoms with Crippen LogP contribution in [0.4, 0.5) is 5.82 Å². The molecule has 24 heavy (non-hydrogen) atoms. The molecule has 0 saturated heterocycles. The van der Waals surface area contributed by atoms with Crippen LogP contribution in [0.3, 0.4) is 0 Å². The summed E-state index contributed by atoms with van der Waals surface area (Å²) in [6, 6.07) is 11.4. The van der Waals surface area contributed by atoms with Crippen LogP contribution in [0.15, 0.2) is 36.4 Å². The van der Waals surface area contributed by atoms with Gasteiger partial charge in [0.15, 0.2) is 4.83 Å². The summed E-state index contributed by atoms with van der Waals surface area (Å²) < 4.78 is 0. The van der Waals surface area contributed by atoms with Crippen molar-refractivity contribution in [3.05, 3.63) is 58.0 Å². The van der Waals surface area contributed by atoms with Crippen LogP contribution in [0.5, 0.6) is 0 Å². The quantitative estimate of drug-likeness (QED) is 0.713. The van der Waals surface area contributed by atoms with Crippen molar-refractivity contribution in [2.45, 2.75) is 38.5 Å². The van der Waals surface area contributed by atoms with E-state index in [2.05, 4.69) is 4.98 Å². The molecule has 4 heteroatoms. The van der Waals surface area contributed by atoms with Gasteiger partial charge in [-0.15, -0.1) is 0 Å². The van der Waals surface area contributed by atoms with Gasteiger partial charge in [-0.3, -0.25) is 10.5 Å². The molecule has 2 heterocycles. The lowest BCUT2D eigenvalue weighted by Crippen LogP contribution is -2.17. The van der Waals surface area contributed by atoms with Gasteiger partial charge in [0.05, 0.1) is 0 Å². The van der Waals surface area contributed by atoms with Crippen molar-refractivity contribution in [1.29, 1.82) is 0 Å². The number of aromatic amines is 1. The predicted octanol–water partition coefficient (Wildman–Crippen LogP) is 4.19. The van der Waals surface area contributed by atoms with Gasteiger partial charge in [0, 0.05) is 15.8 Å². The monoisotopic (exact) mass is 337 g/mol. The number of carbonyl (C=O) groups is 1. The number of ketones is 1. The number of nitrogens with one attached hydrogen (secondary N) is 1. The molecular weight excluding hydrogens is 316 g/mol. The number of hydrogen-bond acceptors (Lipinski definition) is 3. The van der Waals surface area contributed by atoms with E-state index in [1.54, 1.807) is 11.3 Å². The van der Waals surface area contributed by atoms with Crippen LogP contribution in [0.1, 0.15) is 52.0 Å². The standard InChI is InChI=1S/C20H20N2OS/c21-19-16(18(23)13-8-4-3-5-9-13)12-15-14-10-6-1-2-7-11-17(14)24-20(15)22-19/h3-5,8-9,12H,1-2,6-7,10-11H2,(H2,21,22)/p+1. The third kappa shape index (κ3) is 2.71. The number of aryl methyl sites for hydroxylation is 2. The molecule has 0 radical (unpaired) electrons. The molecule has 0 spiro atoms. The number of pyridine rings is 1. The minimum atomic E-state index is -0.0166. The molecule has 0 fully saturated rings. The van der Waals surface area contributed by atoms with E-state index in [9.17, 15) is 4.79 Å². The molecule has 0 amide bonds. The van der Waals surface area contributed by atoms with Crippen LogP contribution in [-0.4, -0.2) is 5.78 Å².